The topological polar surface area (TPSA) is 239 Å². The van der Waals surface area contributed by atoms with Crippen LogP contribution in [0, 0.1) is 26.2 Å². The highest BCUT2D eigenvalue weighted by molar-refractivity contribution is 6.43. The van der Waals surface area contributed by atoms with E-state index in [-0.39, 0.29) is 52.9 Å². The van der Waals surface area contributed by atoms with Gasteiger partial charge in [0, 0.05) is 42.2 Å². The van der Waals surface area contributed by atoms with Crippen molar-refractivity contribution in [2.75, 3.05) is 29.0 Å². The molecule has 3 heterocycles. The summed E-state index contributed by atoms with van der Waals surface area (Å²) in [5, 5.41) is 26.5. The van der Waals surface area contributed by atoms with Crippen LogP contribution < -0.4 is 32.3 Å². The average Bonchev–Trinajstić information content (AvgIpc) is 3.54. The summed E-state index contributed by atoms with van der Waals surface area (Å²) in [6.45, 7) is 8.78. The van der Waals surface area contributed by atoms with E-state index in [2.05, 4.69) is 53.3 Å². The third-order valence-electron chi connectivity index (χ3n) is 5.67. The molecule has 39 heavy (non-hydrogen) atoms. The Morgan fingerprint density at radius 3 is 1.92 bits per heavy atom. The van der Waals surface area contributed by atoms with E-state index in [0.29, 0.717) is 28.1 Å². The van der Waals surface area contributed by atoms with Crippen LogP contribution in [0.5, 0.6) is 0 Å². The molecule has 0 fully saturated rings. The minimum absolute atomic E-state index is 0.0999. The molecule has 16 heteroatoms. The molecule has 0 aliphatic carbocycles. The second-order valence-corrected chi connectivity index (χ2v) is 8.80. The summed E-state index contributed by atoms with van der Waals surface area (Å²) < 4.78 is 0. The number of aromatic nitrogens is 4. The molecule has 3 aromatic rings. The molecule has 0 aliphatic rings. The lowest BCUT2D eigenvalue weighted by Crippen LogP contribution is -2.37. The monoisotopic (exact) mass is 557 g/mol. The average molecular weight is 558 g/mol. The Bertz CT molecular complexity index is 1470. The largest absolute Gasteiger partial charge is 0.370 e. The standard InChI is InChI=1S/C23H28ClN11O4/c1-9-13(7-29-15(9)20(37)27-5-6-28-23(25)26)31-21(38)16-10(2)14(8-30-16)32-22(39)17-11(3)18(35-34-17)33-19(36)12(4)24/h7-8,29-30H,4-6H2,1-3H3,(H,27,37)(H,31,38)(H,32,39)(H4,25,26,28)(H2,33,34,35,36). The maximum atomic E-state index is 12.9. The van der Waals surface area contributed by atoms with Gasteiger partial charge in [0.05, 0.1) is 16.4 Å². The third-order valence-corrected chi connectivity index (χ3v) is 5.84. The highest BCUT2D eigenvalue weighted by Gasteiger charge is 2.22. The minimum Gasteiger partial charge on any atom is -0.370 e. The second kappa shape index (κ2) is 12.0. The van der Waals surface area contributed by atoms with Crippen molar-refractivity contribution < 1.29 is 19.2 Å². The van der Waals surface area contributed by atoms with E-state index in [1.807, 2.05) is 0 Å². The van der Waals surface area contributed by atoms with Gasteiger partial charge in [-0.1, -0.05) is 18.2 Å². The number of nitrogens with one attached hydrogen (secondary N) is 9. The molecule has 4 amide bonds. The number of carbonyl (C=O) groups excluding carboxylic acids is 4. The summed E-state index contributed by atoms with van der Waals surface area (Å²) in [6.07, 6.45) is 2.96. The van der Waals surface area contributed by atoms with Crippen LogP contribution in [-0.2, 0) is 4.79 Å². The van der Waals surface area contributed by atoms with Gasteiger partial charge in [0.1, 0.15) is 17.1 Å². The molecule has 0 aliphatic heterocycles. The molecule has 0 saturated carbocycles. The molecule has 0 aromatic carbocycles. The van der Waals surface area contributed by atoms with Crippen LogP contribution in [0.3, 0.4) is 0 Å². The zero-order chi connectivity index (χ0) is 28.9. The van der Waals surface area contributed by atoms with Gasteiger partial charge in [-0.3, -0.25) is 29.7 Å². The second-order valence-electron chi connectivity index (χ2n) is 8.34. The van der Waals surface area contributed by atoms with Gasteiger partial charge in [-0.25, -0.2) is 0 Å². The fourth-order valence-corrected chi connectivity index (χ4v) is 3.52. The number of carbonyl (C=O) groups is 4. The van der Waals surface area contributed by atoms with Crippen LogP contribution in [-0.4, -0.2) is 62.8 Å². The molecular weight excluding hydrogens is 530 g/mol. The van der Waals surface area contributed by atoms with Crippen LogP contribution in [0.25, 0.3) is 0 Å². The number of aromatic amines is 3. The van der Waals surface area contributed by atoms with Gasteiger partial charge in [0.15, 0.2) is 11.8 Å². The summed E-state index contributed by atoms with van der Waals surface area (Å²) >= 11 is 5.57. The number of rotatable bonds is 10. The number of guanidine groups is 1. The first-order valence-corrected chi connectivity index (χ1v) is 11.8. The number of nitrogens with two attached hydrogens (primary N) is 1. The molecular formula is C23H28ClN11O4. The van der Waals surface area contributed by atoms with Crippen LogP contribution >= 0.6 is 11.6 Å². The third kappa shape index (κ3) is 6.64. The van der Waals surface area contributed by atoms with Crippen molar-refractivity contribution in [2.45, 2.75) is 20.8 Å². The predicted molar refractivity (Wildman–Crippen MR) is 146 cm³/mol. The molecule has 0 saturated heterocycles. The quantitative estimate of drug-likeness (QED) is 0.0759. The SMILES string of the molecule is C=C(Cl)C(=O)Nc1n[nH]c(C(=O)Nc2c[nH]c(C(=O)Nc3c[nH]c(C(=O)NCCNC(=N)N)c3C)c2C)c1C. The molecule has 3 rings (SSSR count). The minimum atomic E-state index is -0.650. The molecule has 3 aromatic heterocycles. The van der Waals surface area contributed by atoms with Gasteiger partial charge in [0.2, 0.25) is 0 Å². The number of halogens is 1. The lowest BCUT2D eigenvalue weighted by molar-refractivity contribution is -0.112. The smallest absolute Gasteiger partial charge is 0.274 e. The van der Waals surface area contributed by atoms with Gasteiger partial charge in [-0.15, -0.1) is 0 Å². The Morgan fingerprint density at radius 1 is 0.872 bits per heavy atom. The van der Waals surface area contributed by atoms with E-state index >= 15 is 0 Å². The van der Waals surface area contributed by atoms with Crippen LogP contribution in [0.1, 0.15) is 48.2 Å². The zero-order valence-corrected chi connectivity index (χ0v) is 22.1. The summed E-state index contributed by atoms with van der Waals surface area (Å²) in [6, 6.07) is 0. The Balaban J connectivity index is 1.65. The number of hydrogen-bond donors (Lipinski definition) is 10. The van der Waals surface area contributed by atoms with Crippen molar-refractivity contribution in [1.82, 2.24) is 30.8 Å². The van der Waals surface area contributed by atoms with Gasteiger partial charge >= 0.3 is 0 Å². The zero-order valence-electron chi connectivity index (χ0n) is 21.3. The van der Waals surface area contributed by atoms with E-state index in [0.717, 1.165) is 0 Å². The maximum Gasteiger partial charge on any atom is 0.274 e. The Hall–Kier alpha value is -5.05. The number of amides is 4. The van der Waals surface area contributed by atoms with Gasteiger partial charge < -0.3 is 42.3 Å². The van der Waals surface area contributed by atoms with Crippen LogP contribution in [0.2, 0.25) is 0 Å². The first kappa shape index (κ1) is 28.5. The normalized spacial score (nSPS) is 10.5. The summed E-state index contributed by atoms with van der Waals surface area (Å²) in [5.41, 5.74) is 7.88. The number of nitrogens with zero attached hydrogens (tertiary/aromatic N) is 1. The number of H-pyrrole nitrogens is 3. The molecule has 0 spiro atoms. The molecule has 206 valence electrons. The van der Waals surface area contributed by atoms with Crippen molar-refractivity contribution in [3.63, 3.8) is 0 Å². The van der Waals surface area contributed by atoms with Crippen molar-refractivity contribution in [3.05, 3.63) is 57.8 Å². The van der Waals surface area contributed by atoms with E-state index in [1.165, 1.54) is 12.4 Å². The predicted octanol–water partition coefficient (Wildman–Crippen LogP) is 1.40. The first-order chi connectivity index (χ1) is 18.4. The first-order valence-electron chi connectivity index (χ1n) is 11.5. The van der Waals surface area contributed by atoms with Gasteiger partial charge in [-0.05, 0) is 20.8 Å². The summed E-state index contributed by atoms with van der Waals surface area (Å²) in [7, 11) is 0. The van der Waals surface area contributed by atoms with Gasteiger partial charge in [0.25, 0.3) is 23.6 Å². The van der Waals surface area contributed by atoms with E-state index in [4.69, 9.17) is 22.7 Å². The lowest BCUT2D eigenvalue weighted by atomic mass is 10.2. The molecule has 15 nitrogen and oxygen atoms in total. The molecule has 0 atom stereocenters. The van der Waals surface area contributed by atoms with Gasteiger partial charge in [-0.2, -0.15) is 5.10 Å². The summed E-state index contributed by atoms with van der Waals surface area (Å²) in [4.78, 5) is 55.6. The van der Waals surface area contributed by atoms with Crippen LogP contribution in [0.4, 0.5) is 17.2 Å². The summed E-state index contributed by atoms with van der Waals surface area (Å²) in [5.74, 6) is -2.14. The fourth-order valence-electron chi connectivity index (χ4n) is 3.47. The van der Waals surface area contributed by atoms with E-state index in [1.54, 1.807) is 20.8 Å². The highest BCUT2D eigenvalue weighted by Crippen LogP contribution is 2.24. The van der Waals surface area contributed by atoms with Crippen molar-refractivity contribution in [2.24, 2.45) is 5.73 Å². The Morgan fingerprint density at radius 2 is 1.38 bits per heavy atom. The van der Waals surface area contributed by atoms with Crippen molar-refractivity contribution in [1.29, 1.82) is 5.41 Å². The molecule has 0 unspecified atom stereocenters. The number of hydrogen-bond acceptors (Lipinski definition) is 6. The number of anilines is 3. The van der Waals surface area contributed by atoms with Crippen molar-refractivity contribution in [3.8, 4) is 0 Å². The molecule has 0 radical (unpaired) electrons. The van der Waals surface area contributed by atoms with E-state index < -0.39 is 17.7 Å². The van der Waals surface area contributed by atoms with E-state index in [9.17, 15) is 19.2 Å². The maximum absolute atomic E-state index is 12.9. The fraction of sp³-hybridized carbons (Fsp3) is 0.217. The van der Waals surface area contributed by atoms with Crippen molar-refractivity contribution >= 4 is 58.4 Å². The lowest BCUT2D eigenvalue weighted by Gasteiger charge is -2.08. The van der Waals surface area contributed by atoms with Crippen LogP contribution in [0.15, 0.2) is 24.0 Å². The Labute approximate surface area is 227 Å². The Kier molecular flexibility index (Phi) is 8.77. The highest BCUT2D eigenvalue weighted by atomic mass is 35.5. The molecule has 11 N–H and O–H groups in total. The molecule has 0 bridgehead atoms.